The number of urea groups is 1. The van der Waals surface area contributed by atoms with Crippen molar-refractivity contribution in [1.29, 1.82) is 0 Å². The second kappa shape index (κ2) is 9.41. The molecule has 154 valence electrons. The van der Waals surface area contributed by atoms with Gasteiger partial charge in [0.2, 0.25) is 5.91 Å². The minimum Gasteiger partial charge on any atom is -0.443 e. The molecule has 0 unspecified atom stereocenters. The number of anilines is 1. The molecule has 0 bridgehead atoms. The fourth-order valence-electron chi connectivity index (χ4n) is 2.57. The van der Waals surface area contributed by atoms with Crippen molar-refractivity contribution in [3.05, 3.63) is 29.8 Å². The minimum absolute atomic E-state index is 0.149. The summed E-state index contributed by atoms with van der Waals surface area (Å²) in [5.41, 5.74) is 3.29. The van der Waals surface area contributed by atoms with E-state index >= 15 is 0 Å². The predicted molar refractivity (Wildman–Crippen MR) is 103 cm³/mol. The molecule has 1 heterocycles. The van der Waals surface area contributed by atoms with E-state index < -0.39 is 11.7 Å². The number of rotatable bonds is 3. The molecule has 1 aromatic rings. The zero-order valence-corrected chi connectivity index (χ0v) is 16.8. The zero-order valence-electron chi connectivity index (χ0n) is 16.8. The third kappa shape index (κ3) is 7.07. The van der Waals surface area contributed by atoms with Gasteiger partial charge in [-0.3, -0.25) is 4.79 Å². The molecular formula is C19H28N4O5. The Morgan fingerprint density at radius 3 is 2.29 bits per heavy atom. The molecule has 2 N–H and O–H groups in total. The first-order valence-corrected chi connectivity index (χ1v) is 9.14. The van der Waals surface area contributed by atoms with Crippen LogP contribution in [-0.2, 0) is 20.8 Å². The van der Waals surface area contributed by atoms with E-state index in [0.717, 1.165) is 5.56 Å². The SMILES string of the molecule is CC(=O)Nc1ccc(CN(NC(=O)OC(C)(C)C)C(=O)N2CCOCC2)cc1. The Bertz CT molecular complexity index is 693. The lowest BCUT2D eigenvalue weighted by molar-refractivity contribution is -0.114. The highest BCUT2D eigenvalue weighted by Gasteiger charge is 2.26. The van der Waals surface area contributed by atoms with E-state index in [1.54, 1.807) is 49.9 Å². The van der Waals surface area contributed by atoms with Crippen molar-refractivity contribution in [2.45, 2.75) is 39.8 Å². The Hall–Kier alpha value is -2.81. The first-order chi connectivity index (χ1) is 13.1. The quantitative estimate of drug-likeness (QED) is 0.769. The molecular weight excluding hydrogens is 364 g/mol. The fourth-order valence-corrected chi connectivity index (χ4v) is 2.57. The Morgan fingerprint density at radius 1 is 1.14 bits per heavy atom. The van der Waals surface area contributed by atoms with Gasteiger partial charge < -0.3 is 19.7 Å². The van der Waals surface area contributed by atoms with Crippen molar-refractivity contribution in [2.24, 2.45) is 0 Å². The van der Waals surface area contributed by atoms with E-state index in [1.165, 1.54) is 11.9 Å². The van der Waals surface area contributed by atoms with E-state index in [-0.39, 0.29) is 18.5 Å². The van der Waals surface area contributed by atoms with Crippen LogP contribution in [0.4, 0.5) is 15.3 Å². The number of carbonyl (C=O) groups excluding carboxylic acids is 3. The maximum Gasteiger partial charge on any atom is 0.426 e. The average molecular weight is 392 g/mol. The Morgan fingerprint density at radius 2 is 1.75 bits per heavy atom. The lowest BCUT2D eigenvalue weighted by Crippen LogP contribution is -2.54. The number of hydrazine groups is 1. The lowest BCUT2D eigenvalue weighted by atomic mass is 10.2. The summed E-state index contributed by atoms with van der Waals surface area (Å²) in [6, 6.07) is 6.70. The highest BCUT2D eigenvalue weighted by atomic mass is 16.6. The van der Waals surface area contributed by atoms with Crippen LogP contribution in [0.25, 0.3) is 0 Å². The van der Waals surface area contributed by atoms with Crippen molar-refractivity contribution in [3.63, 3.8) is 0 Å². The third-order valence-electron chi connectivity index (χ3n) is 3.75. The van der Waals surface area contributed by atoms with Crippen molar-refractivity contribution in [3.8, 4) is 0 Å². The largest absolute Gasteiger partial charge is 0.443 e. The number of hydrogen-bond acceptors (Lipinski definition) is 5. The Balaban J connectivity index is 2.11. The average Bonchev–Trinajstić information content (AvgIpc) is 2.61. The van der Waals surface area contributed by atoms with E-state index in [9.17, 15) is 14.4 Å². The summed E-state index contributed by atoms with van der Waals surface area (Å²) in [5, 5.41) is 3.92. The molecule has 9 nitrogen and oxygen atoms in total. The lowest BCUT2D eigenvalue weighted by Gasteiger charge is -2.33. The highest BCUT2D eigenvalue weighted by molar-refractivity contribution is 5.88. The van der Waals surface area contributed by atoms with Gasteiger partial charge in [0.25, 0.3) is 0 Å². The molecule has 0 atom stereocenters. The molecule has 0 spiro atoms. The number of carbonyl (C=O) groups is 3. The van der Waals surface area contributed by atoms with Crippen molar-refractivity contribution >= 4 is 23.7 Å². The highest BCUT2D eigenvalue weighted by Crippen LogP contribution is 2.13. The summed E-state index contributed by atoms with van der Waals surface area (Å²) in [6.07, 6.45) is -0.705. The minimum atomic E-state index is -0.705. The zero-order chi connectivity index (χ0) is 20.7. The standard InChI is InChI=1S/C19H28N4O5/c1-14(24)20-16-7-5-15(6-8-16)13-23(21-17(25)28-19(2,3)4)18(26)22-9-11-27-12-10-22/h5-8H,9-13H2,1-4H3,(H,20,24)(H,21,25). The van der Waals surface area contributed by atoms with Gasteiger partial charge in [0.1, 0.15) is 5.60 Å². The molecule has 1 aromatic carbocycles. The number of benzene rings is 1. The summed E-state index contributed by atoms with van der Waals surface area (Å²) in [7, 11) is 0. The van der Waals surface area contributed by atoms with Crippen LogP contribution >= 0.6 is 0 Å². The van der Waals surface area contributed by atoms with E-state index in [1.807, 2.05) is 0 Å². The molecule has 1 aliphatic heterocycles. The first kappa shape index (κ1) is 21.5. The summed E-state index contributed by atoms with van der Waals surface area (Å²) >= 11 is 0. The van der Waals surface area contributed by atoms with Crippen LogP contribution in [0.2, 0.25) is 0 Å². The first-order valence-electron chi connectivity index (χ1n) is 9.14. The molecule has 9 heteroatoms. The van der Waals surface area contributed by atoms with Crippen molar-refractivity contribution in [2.75, 3.05) is 31.6 Å². The normalized spacial score (nSPS) is 14.2. The molecule has 28 heavy (non-hydrogen) atoms. The smallest absolute Gasteiger partial charge is 0.426 e. The monoisotopic (exact) mass is 392 g/mol. The topological polar surface area (TPSA) is 100 Å². The fraction of sp³-hybridized carbons (Fsp3) is 0.526. The number of nitrogens with one attached hydrogen (secondary N) is 2. The van der Waals surface area contributed by atoms with Gasteiger partial charge in [-0.05, 0) is 38.5 Å². The van der Waals surface area contributed by atoms with Crippen LogP contribution in [0.1, 0.15) is 33.3 Å². The van der Waals surface area contributed by atoms with Crippen molar-refractivity contribution < 1.29 is 23.9 Å². The third-order valence-corrected chi connectivity index (χ3v) is 3.75. The predicted octanol–water partition coefficient (Wildman–Crippen LogP) is 2.34. The maximum atomic E-state index is 12.9. The second-order valence-electron chi connectivity index (χ2n) is 7.46. The van der Waals surface area contributed by atoms with Gasteiger partial charge in [-0.2, -0.15) is 0 Å². The number of ether oxygens (including phenoxy) is 2. The molecule has 0 aromatic heterocycles. The van der Waals surface area contributed by atoms with Crippen molar-refractivity contribution in [1.82, 2.24) is 15.3 Å². The number of amides is 4. The number of hydrogen-bond donors (Lipinski definition) is 2. The molecule has 2 rings (SSSR count). The van der Waals surface area contributed by atoms with Gasteiger partial charge in [0.15, 0.2) is 0 Å². The number of morpholine rings is 1. The molecule has 0 saturated carbocycles. The summed E-state index contributed by atoms with van der Waals surface area (Å²) < 4.78 is 10.6. The van der Waals surface area contributed by atoms with E-state index in [0.29, 0.717) is 32.0 Å². The van der Waals surface area contributed by atoms with Crippen LogP contribution in [0.3, 0.4) is 0 Å². The van der Waals surface area contributed by atoms with Gasteiger partial charge in [-0.1, -0.05) is 12.1 Å². The van der Waals surface area contributed by atoms with Gasteiger partial charge in [0.05, 0.1) is 19.8 Å². The summed E-state index contributed by atoms with van der Waals surface area (Å²) in [5.74, 6) is -0.163. The van der Waals surface area contributed by atoms with Gasteiger partial charge in [0, 0.05) is 25.7 Å². The Kier molecular flexibility index (Phi) is 7.22. The van der Waals surface area contributed by atoms with Crippen LogP contribution in [-0.4, -0.2) is 59.8 Å². The molecule has 1 aliphatic rings. The molecule has 1 saturated heterocycles. The van der Waals surface area contributed by atoms with E-state index in [2.05, 4.69) is 10.7 Å². The van der Waals surface area contributed by atoms with Crippen LogP contribution < -0.4 is 10.7 Å². The molecule has 0 radical (unpaired) electrons. The van der Waals surface area contributed by atoms with Gasteiger partial charge >= 0.3 is 12.1 Å². The summed E-state index contributed by atoms with van der Waals surface area (Å²) in [6.45, 7) is 8.65. The van der Waals surface area contributed by atoms with Crippen LogP contribution in [0, 0.1) is 0 Å². The van der Waals surface area contributed by atoms with Gasteiger partial charge in [-0.25, -0.2) is 20.0 Å². The Labute approximate surface area is 164 Å². The molecule has 4 amide bonds. The van der Waals surface area contributed by atoms with Crippen LogP contribution in [0.15, 0.2) is 24.3 Å². The van der Waals surface area contributed by atoms with Crippen LogP contribution in [0.5, 0.6) is 0 Å². The maximum absolute atomic E-state index is 12.9. The second-order valence-corrected chi connectivity index (χ2v) is 7.46. The number of nitrogens with zero attached hydrogens (tertiary/aromatic N) is 2. The molecule has 1 fully saturated rings. The van der Waals surface area contributed by atoms with E-state index in [4.69, 9.17) is 9.47 Å². The summed E-state index contributed by atoms with van der Waals surface area (Å²) in [4.78, 5) is 37.8. The van der Waals surface area contributed by atoms with Gasteiger partial charge in [-0.15, -0.1) is 0 Å². The molecule has 0 aliphatic carbocycles.